The Bertz CT molecular complexity index is 1170. The predicted molar refractivity (Wildman–Crippen MR) is 273 cm³/mol. The van der Waals surface area contributed by atoms with Gasteiger partial charge in [0.1, 0.15) is 6.10 Å². The predicted octanol–water partition coefficient (Wildman–Crippen LogP) is 16.2. The van der Waals surface area contributed by atoms with Crippen LogP contribution in [0.5, 0.6) is 0 Å². The molecule has 3 atom stereocenters. The third kappa shape index (κ3) is 45.7. The Hall–Kier alpha value is -2.70. The van der Waals surface area contributed by atoms with Gasteiger partial charge in [-0.3, -0.25) is 9.59 Å². The minimum Gasteiger partial charge on any atom is -0.462 e. The van der Waals surface area contributed by atoms with E-state index in [0.717, 1.165) is 57.8 Å². The van der Waals surface area contributed by atoms with Gasteiger partial charge >= 0.3 is 5.97 Å². The van der Waals surface area contributed by atoms with E-state index in [1.54, 1.807) is 0 Å². The molecule has 1 amide bonds. The zero-order chi connectivity index (χ0) is 45.9. The molecule has 0 spiro atoms. The van der Waals surface area contributed by atoms with Gasteiger partial charge in [-0.1, -0.05) is 273 Å². The Morgan fingerprint density at radius 3 is 1.27 bits per heavy atom. The van der Waals surface area contributed by atoms with E-state index in [1.165, 1.54) is 148 Å². The van der Waals surface area contributed by atoms with Crippen LogP contribution < -0.4 is 5.32 Å². The number of ether oxygens (including phenoxy) is 1. The Labute approximate surface area is 390 Å². The molecule has 0 fully saturated rings. The first-order valence-corrected chi connectivity index (χ1v) is 26.7. The molecule has 0 aliphatic rings. The number of carbonyl (C=O) groups excluding carboxylic acids is 2. The zero-order valence-corrected chi connectivity index (χ0v) is 41.4. The van der Waals surface area contributed by atoms with Crippen LogP contribution >= 0.6 is 0 Å². The summed E-state index contributed by atoms with van der Waals surface area (Å²) in [6, 6.07) is -0.727. The molecule has 0 aromatic heterocycles. The fourth-order valence-corrected chi connectivity index (χ4v) is 7.94. The topological polar surface area (TPSA) is 95.9 Å². The van der Waals surface area contributed by atoms with Crippen molar-refractivity contribution in [2.75, 3.05) is 6.61 Å². The second kappa shape index (κ2) is 50.3. The van der Waals surface area contributed by atoms with E-state index >= 15 is 0 Å². The van der Waals surface area contributed by atoms with E-state index in [2.05, 4.69) is 38.2 Å². The van der Waals surface area contributed by atoms with Crippen LogP contribution in [0.4, 0.5) is 0 Å². The highest BCUT2D eigenvalue weighted by Gasteiger charge is 2.24. The summed E-state index contributed by atoms with van der Waals surface area (Å²) in [7, 11) is 0. The maximum absolute atomic E-state index is 13.2. The molecule has 364 valence electrons. The monoisotopic (exact) mass is 880 g/mol. The third-order valence-corrected chi connectivity index (χ3v) is 12.0. The number of aliphatic hydroxyl groups is 2. The number of nitrogens with one attached hydrogen (secondary N) is 1. The largest absolute Gasteiger partial charge is 0.462 e. The van der Waals surface area contributed by atoms with Crippen molar-refractivity contribution in [1.82, 2.24) is 5.32 Å². The number of rotatable bonds is 47. The van der Waals surface area contributed by atoms with Crippen LogP contribution in [-0.4, -0.2) is 46.9 Å². The number of hydrogen-bond donors (Lipinski definition) is 3. The van der Waals surface area contributed by atoms with Crippen LogP contribution in [0.25, 0.3) is 0 Å². The molecule has 0 radical (unpaired) electrons. The second-order valence-electron chi connectivity index (χ2n) is 18.1. The molecule has 0 bridgehead atoms. The van der Waals surface area contributed by atoms with Crippen molar-refractivity contribution in [3.8, 4) is 0 Å². The van der Waals surface area contributed by atoms with Gasteiger partial charge in [-0.15, -0.1) is 0 Å². The highest BCUT2D eigenvalue weighted by atomic mass is 16.5. The van der Waals surface area contributed by atoms with Gasteiger partial charge in [0.25, 0.3) is 0 Å². The number of amides is 1. The maximum Gasteiger partial charge on any atom is 0.306 e. The van der Waals surface area contributed by atoms with Crippen molar-refractivity contribution in [2.24, 2.45) is 0 Å². The lowest BCUT2D eigenvalue weighted by molar-refractivity contribution is -0.151. The van der Waals surface area contributed by atoms with Crippen molar-refractivity contribution in [2.45, 2.75) is 270 Å². The molecule has 0 rings (SSSR count). The normalized spacial score (nSPS) is 13.8. The molecule has 0 saturated carbocycles. The van der Waals surface area contributed by atoms with E-state index in [1.807, 2.05) is 60.8 Å². The number of aliphatic hydroxyl groups excluding tert-OH is 2. The third-order valence-electron chi connectivity index (χ3n) is 12.0. The van der Waals surface area contributed by atoms with E-state index in [9.17, 15) is 19.8 Å². The lowest BCUT2D eigenvalue weighted by Crippen LogP contribution is -2.46. The van der Waals surface area contributed by atoms with Gasteiger partial charge in [0.05, 0.1) is 25.2 Å². The summed E-state index contributed by atoms with van der Waals surface area (Å²) in [5.41, 5.74) is 0. The van der Waals surface area contributed by atoms with E-state index in [0.29, 0.717) is 19.3 Å². The first kappa shape index (κ1) is 60.3. The zero-order valence-electron chi connectivity index (χ0n) is 41.4. The van der Waals surface area contributed by atoms with Crippen LogP contribution in [0.2, 0.25) is 0 Å². The van der Waals surface area contributed by atoms with Gasteiger partial charge in [0, 0.05) is 6.42 Å². The van der Waals surface area contributed by atoms with Crippen molar-refractivity contribution in [3.05, 3.63) is 72.9 Å². The Balaban J connectivity index is 4.69. The minimum atomic E-state index is -0.809. The SMILES string of the molecule is CC\C=C/C=C/C=C/C=C\C=C\C=C\CCCC(CC(=O)NC(CO)C(O)CCCCCCCCCCCCCCCC)OC(=O)CCCCCCCCCCCCCCCCC. The summed E-state index contributed by atoms with van der Waals surface area (Å²) in [6.45, 7) is 6.33. The summed E-state index contributed by atoms with van der Waals surface area (Å²) in [5.74, 6) is -0.544. The van der Waals surface area contributed by atoms with Gasteiger partial charge in [0.15, 0.2) is 0 Å². The fourth-order valence-electron chi connectivity index (χ4n) is 7.94. The lowest BCUT2D eigenvalue weighted by atomic mass is 10.0. The highest BCUT2D eigenvalue weighted by molar-refractivity contribution is 5.77. The van der Waals surface area contributed by atoms with Crippen LogP contribution in [-0.2, 0) is 14.3 Å². The Kier molecular flexibility index (Phi) is 48.1. The molecular formula is C57H101NO5. The first-order valence-electron chi connectivity index (χ1n) is 26.7. The molecule has 0 heterocycles. The van der Waals surface area contributed by atoms with Crippen molar-refractivity contribution in [3.63, 3.8) is 0 Å². The van der Waals surface area contributed by atoms with Crippen LogP contribution in [0.3, 0.4) is 0 Å². The lowest BCUT2D eigenvalue weighted by Gasteiger charge is -2.24. The van der Waals surface area contributed by atoms with Crippen LogP contribution in [0, 0.1) is 0 Å². The number of esters is 1. The smallest absolute Gasteiger partial charge is 0.306 e. The standard InChI is InChI=1S/C57H101NO5/c1-4-7-10-13-16-19-22-25-28-30-33-36-39-42-45-48-53(63-57(62)50-47-44-41-38-35-32-29-26-23-20-17-14-11-8-5-2)51-56(61)58-54(52-59)55(60)49-46-43-40-37-34-31-27-24-21-18-15-12-9-6-3/h7,10,13,16,19,22,25,28,30,33,36,39,53-55,59-60H,4-6,8-9,11-12,14-15,17-18,20-21,23-24,26-27,29,31-32,34-35,37-38,40-52H2,1-3H3,(H,58,61)/b10-7-,16-13+,22-19+,28-25-,33-30+,39-36+. The highest BCUT2D eigenvalue weighted by Crippen LogP contribution is 2.18. The van der Waals surface area contributed by atoms with E-state index in [4.69, 9.17) is 4.74 Å². The van der Waals surface area contributed by atoms with Crippen molar-refractivity contribution >= 4 is 11.9 Å². The van der Waals surface area contributed by atoms with Crippen molar-refractivity contribution < 1.29 is 24.5 Å². The fraction of sp³-hybridized carbons (Fsp3) is 0.754. The molecular weight excluding hydrogens is 779 g/mol. The average Bonchev–Trinajstić information content (AvgIpc) is 3.28. The van der Waals surface area contributed by atoms with Gasteiger partial charge in [-0.25, -0.2) is 0 Å². The number of hydrogen-bond acceptors (Lipinski definition) is 5. The number of unbranched alkanes of at least 4 members (excludes halogenated alkanes) is 28. The number of carbonyl (C=O) groups is 2. The van der Waals surface area contributed by atoms with Gasteiger partial charge in [-0.05, 0) is 38.5 Å². The molecule has 6 nitrogen and oxygen atoms in total. The first-order chi connectivity index (χ1) is 31.0. The van der Waals surface area contributed by atoms with Crippen LogP contribution in [0.15, 0.2) is 72.9 Å². The quantitative estimate of drug-likeness (QED) is 0.0321. The Morgan fingerprint density at radius 2 is 0.857 bits per heavy atom. The Morgan fingerprint density at radius 1 is 0.476 bits per heavy atom. The molecule has 0 aliphatic heterocycles. The molecule has 0 aromatic carbocycles. The molecule has 63 heavy (non-hydrogen) atoms. The maximum atomic E-state index is 13.2. The molecule has 3 N–H and O–H groups in total. The minimum absolute atomic E-state index is 0.0265. The van der Waals surface area contributed by atoms with Gasteiger partial charge < -0.3 is 20.3 Å². The molecule has 0 saturated heterocycles. The summed E-state index contributed by atoms with van der Waals surface area (Å²) >= 11 is 0. The summed E-state index contributed by atoms with van der Waals surface area (Å²) in [6.07, 6.45) is 63.9. The van der Waals surface area contributed by atoms with E-state index in [-0.39, 0.29) is 24.9 Å². The van der Waals surface area contributed by atoms with E-state index < -0.39 is 18.2 Å². The average molecular weight is 880 g/mol. The van der Waals surface area contributed by atoms with Crippen molar-refractivity contribution in [1.29, 1.82) is 0 Å². The molecule has 3 unspecified atom stereocenters. The summed E-state index contributed by atoms with van der Waals surface area (Å²) < 4.78 is 5.91. The molecule has 6 heteroatoms. The van der Waals surface area contributed by atoms with Gasteiger partial charge in [0.2, 0.25) is 5.91 Å². The van der Waals surface area contributed by atoms with Gasteiger partial charge in [-0.2, -0.15) is 0 Å². The van der Waals surface area contributed by atoms with Crippen LogP contribution in [0.1, 0.15) is 252 Å². The molecule has 0 aromatic rings. The second-order valence-corrected chi connectivity index (χ2v) is 18.1. The number of allylic oxidation sites excluding steroid dienone is 12. The summed E-state index contributed by atoms with van der Waals surface area (Å²) in [4.78, 5) is 26.2. The summed E-state index contributed by atoms with van der Waals surface area (Å²) in [5, 5.41) is 23.8. The molecule has 0 aliphatic carbocycles.